The van der Waals surface area contributed by atoms with Crippen LogP contribution in [-0.4, -0.2) is 35.2 Å². The maximum Gasteiger partial charge on any atom is 0.157 e. The van der Waals surface area contributed by atoms with Crippen LogP contribution in [0.1, 0.15) is 18.6 Å². The predicted molar refractivity (Wildman–Crippen MR) is 59.2 cm³/mol. The summed E-state index contributed by atoms with van der Waals surface area (Å²) in [7, 11) is 1.48. The average Bonchev–Trinajstić information content (AvgIpc) is 2.28. The van der Waals surface area contributed by atoms with Crippen molar-refractivity contribution in [3.8, 4) is 11.5 Å². The van der Waals surface area contributed by atoms with Crippen molar-refractivity contribution >= 4 is 0 Å². The maximum atomic E-state index is 9.95. The van der Waals surface area contributed by atoms with Gasteiger partial charge in [-0.05, 0) is 24.2 Å². The normalized spacial score (nSPS) is 14.7. The van der Waals surface area contributed by atoms with E-state index in [4.69, 9.17) is 9.84 Å². The van der Waals surface area contributed by atoms with Crippen LogP contribution in [0.2, 0.25) is 0 Å². The van der Waals surface area contributed by atoms with Gasteiger partial charge in [0.05, 0.1) is 0 Å². The van der Waals surface area contributed by atoms with Gasteiger partial charge in [-0.15, -0.1) is 0 Å². The van der Waals surface area contributed by atoms with Gasteiger partial charge in [-0.3, -0.25) is 5.32 Å². The minimum Gasteiger partial charge on any atom is -0.504 e. The molecule has 0 saturated carbocycles. The van der Waals surface area contributed by atoms with Crippen LogP contribution < -0.4 is 5.32 Å². The highest BCUT2D eigenvalue weighted by Gasteiger charge is 2.20. The van der Waals surface area contributed by atoms with Crippen molar-refractivity contribution in [2.75, 3.05) is 13.7 Å². The Kier molecular flexibility index (Phi) is 4.54. The Bertz CT molecular complexity index is 343. The Morgan fingerprint density at radius 2 is 2.00 bits per heavy atom. The van der Waals surface area contributed by atoms with Crippen molar-refractivity contribution < 1.29 is 20.1 Å². The van der Waals surface area contributed by atoms with Gasteiger partial charge in [0.15, 0.2) is 11.5 Å². The van der Waals surface area contributed by atoms with Crippen LogP contribution in [0.5, 0.6) is 11.5 Å². The number of phenolic OH excluding ortho intramolecular Hbond substituents is 2. The van der Waals surface area contributed by atoms with Crippen LogP contribution in [0.3, 0.4) is 0 Å². The first-order valence-corrected chi connectivity index (χ1v) is 5.06. The van der Waals surface area contributed by atoms with Gasteiger partial charge in [0.1, 0.15) is 12.3 Å². The van der Waals surface area contributed by atoms with Gasteiger partial charge >= 0.3 is 0 Å². The second-order valence-electron chi connectivity index (χ2n) is 3.41. The van der Waals surface area contributed by atoms with Crippen molar-refractivity contribution in [1.29, 1.82) is 0 Å². The molecule has 1 aromatic rings. The van der Waals surface area contributed by atoms with Gasteiger partial charge in [0.25, 0.3) is 0 Å². The standard InChI is InChI=1S/C11H17NO4/c1-3-12-11(16-2)10(15)7-4-5-8(13)9(14)6-7/h4-6,10-15H,3H2,1-2H3. The molecule has 0 heterocycles. The van der Waals surface area contributed by atoms with E-state index in [0.717, 1.165) is 0 Å². The van der Waals surface area contributed by atoms with Crippen LogP contribution in [0.4, 0.5) is 0 Å². The fourth-order valence-corrected chi connectivity index (χ4v) is 1.42. The van der Waals surface area contributed by atoms with Crippen LogP contribution in [-0.2, 0) is 4.74 Å². The summed E-state index contributed by atoms with van der Waals surface area (Å²) < 4.78 is 5.07. The molecule has 5 nitrogen and oxygen atoms in total. The molecule has 0 fully saturated rings. The lowest BCUT2D eigenvalue weighted by molar-refractivity contribution is -0.0322. The van der Waals surface area contributed by atoms with E-state index in [2.05, 4.69) is 5.32 Å². The lowest BCUT2D eigenvalue weighted by atomic mass is 10.1. The molecule has 1 rings (SSSR count). The SMILES string of the molecule is CCNC(OC)C(O)c1ccc(O)c(O)c1. The third kappa shape index (κ3) is 2.85. The van der Waals surface area contributed by atoms with Crippen LogP contribution in [0.25, 0.3) is 0 Å². The van der Waals surface area contributed by atoms with Crippen LogP contribution in [0, 0.1) is 0 Å². The zero-order valence-electron chi connectivity index (χ0n) is 9.34. The molecule has 0 aliphatic rings. The second-order valence-corrected chi connectivity index (χ2v) is 3.41. The quantitative estimate of drug-likeness (QED) is 0.440. The monoisotopic (exact) mass is 227 g/mol. The molecule has 1 aromatic carbocycles. The Balaban J connectivity index is 2.85. The molecule has 0 amide bonds. The molecule has 2 unspecified atom stereocenters. The van der Waals surface area contributed by atoms with Crippen molar-refractivity contribution in [3.63, 3.8) is 0 Å². The second kappa shape index (κ2) is 5.69. The summed E-state index contributed by atoms with van der Waals surface area (Å²) in [5.41, 5.74) is 0.475. The molecular weight excluding hydrogens is 210 g/mol. The first-order chi connectivity index (χ1) is 7.60. The van der Waals surface area contributed by atoms with Crippen LogP contribution in [0.15, 0.2) is 18.2 Å². The molecule has 0 saturated heterocycles. The van der Waals surface area contributed by atoms with E-state index in [0.29, 0.717) is 12.1 Å². The molecule has 0 aliphatic heterocycles. The van der Waals surface area contributed by atoms with Gasteiger partial charge in [0.2, 0.25) is 0 Å². The summed E-state index contributed by atoms with van der Waals surface area (Å²) in [5, 5.41) is 31.4. The number of hydrogen-bond donors (Lipinski definition) is 4. The summed E-state index contributed by atoms with van der Waals surface area (Å²) >= 11 is 0. The summed E-state index contributed by atoms with van der Waals surface area (Å²) in [6.45, 7) is 2.55. The lowest BCUT2D eigenvalue weighted by Crippen LogP contribution is -2.36. The zero-order valence-corrected chi connectivity index (χ0v) is 9.34. The van der Waals surface area contributed by atoms with Gasteiger partial charge in [-0.1, -0.05) is 13.0 Å². The number of aromatic hydroxyl groups is 2. The molecule has 2 atom stereocenters. The zero-order chi connectivity index (χ0) is 12.1. The first-order valence-electron chi connectivity index (χ1n) is 5.06. The van der Waals surface area contributed by atoms with Gasteiger partial charge in [0, 0.05) is 7.11 Å². The number of ether oxygens (including phenoxy) is 1. The Morgan fingerprint density at radius 1 is 1.31 bits per heavy atom. The fourth-order valence-electron chi connectivity index (χ4n) is 1.42. The number of rotatable bonds is 5. The van der Waals surface area contributed by atoms with Crippen molar-refractivity contribution in [2.45, 2.75) is 19.3 Å². The third-order valence-electron chi connectivity index (χ3n) is 2.29. The number of likely N-dealkylation sites (N-methyl/N-ethyl adjacent to an activating group) is 1. The van der Waals surface area contributed by atoms with E-state index in [1.54, 1.807) is 0 Å². The first kappa shape index (κ1) is 12.8. The van der Waals surface area contributed by atoms with Gasteiger partial charge in [-0.25, -0.2) is 0 Å². The van der Waals surface area contributed by atoms with E-state index in [1.165, 1.54) is 25.3 Å². The summed E-state index contributed by atoms with van der Waals surface area (Å²) in [5.74, 6) is -0.476. The molecule has 0 radical (unpaired) electrons. The molecule has 0 aliphatic carbocycles. The van der Waals surface area contributed by atoms with Crippen molar-refractivity contribution in [2.24, 2.45) is 0 Å². The van der Waals surface area contributed by atoms with E-state index in [9.17, 15) is 10.2 Å². The number of methoxy groups -OCH3 is 1. The molecule has 4 N–H and O–H groups in total. The van der Waals surface area contributed by atoms with E-state index < -0.39 is 12.3 Å². The summed E-state index contributed by atoms with van der Waals surface area (Å²) in [4.78, 5) is 0. The number of phenols is 2. The minimum absolute atomic E-state index is 0.214. The Morgan fingerprint density at radius 3 is 2.50 bits per heavy atom. The molecule has 90 valence electrons. The highest BCUT2D eigenvalue weighted by molar-refractivity contribution is 5.41. The fraction of sp³-hybridized carbons (Fsp3) is 0.455. The van der Waals surface area contributed by atoms with E-state index in [1.807, 2.05) is 6.92 Å². The number of benzene rings is 1. The minimum atomic E-state index is -0.906. The van der Waals surface area contributed by atoms with E-state index in [-0.39, 0.29) is 11.5 Å². The molecule has 16 heavy (non-hydrogen) atoms. The molecular formula is C11H17NO4. The van der Waals surface area contributed by atoms with Gasteiger partial charge in [-0.2, -0.15) is 0 Å². The number of aliphatic hydroxyl groups excluding tert-OH is 1. The lowest BCUT2D eigenvalue weighted by Gasteiger charge is -2.22. The average molecular weight is 227 g/mol. The highest BCUT2D eigenvalue weighted by atomic mass is 16.5. The summed E-state index contributed by atoms with van der Waals surface area (Å²) in [6.07, 6.45) is -1.45. The van der Waals surface area contributed by atoms with Crippen molar-refractivity contribution in [1.82, 2.24) is 5.32 Å². The highest BCUT2D eigenvalue weighted by Crippen LogP contribution is 2.28. The van der Waals surface area contributed by atoms with E-state index >= 15 is 0 Å². The number of aliphatic hydroxyl groups is 1. The van der Waals surface area contributed by atoms with Crippen LogP contribution >= 0.6 is 0 Å². The largest absolute Gasteiger partial charge is 0.504 e. The molecule has 0 spiro atoms. The molecule has 5 heteroatoms. The summed E-state index contributed by atoms with van der Waals surface area (Å²) in [6, 6.07) is 4.17. The van der Waals surface area contributed by atoms with Crippen molar-refractivity contribution in [3.05, 3.63) is 23.8 Å². The topological polar surface area (TPSA) is 82.0 Å². The Labute approximate surface area is 94.3 Å². The number of hydrogen-bond acceptors (Lipinski definition) is 5. The predicted octanol–water partition coefficient (Wildman–Crippen LogP) is 0.713. The third-order valence-corrected chi connectivity index (χ3v) is 2.29. The smallest absolute Gasteiger partial charge is 0.157 e. The molecule has 0 bridgehead atoms. The van der Waals surface area contributed by atoms with Gasteiger partial charge < -0.3 is 20.1 Å². The molecule has 0 aromatic heterocycles. The number of nitrogens with one attached hydrogen (secondary N) is 1. The maximum absolute atomic E-state index is 9.95. The Hall–Kier alpha value is -1.30.